The van der Waals surface area contributed by atoms with E-state index in [1.807, 2.05) is 43.3 Å². The lowest BCUT2D eigenvalue weighted by Gasteiger charge is -2.10. The number of ether oxygens (including phenoxy) is 1. The maximum Gasteiger partial charge on any atom is 0.290 e. The number of H-pyrrole nitrogens is 1. The van der Waals surface area contributed by atoms with Gasteiger partial charge in [0.25, 0.3) is 11.8 Å². The van der Waals surface area contributed by atoms with Gasteiger partial charge in [0.15, 0.2) is 12.3 Å². The summed E-state index contributed by atoms with van der Waals surface area (Å²) in [5.74, 6) is -0.302. The first-order chi connectivity index (χ1) is 12.2. The molecule has 0 unspecified atom stereocenters. The van der Waals surface area contributed by atoms with Crippen LogP contribution < -0.4 is 15.6 Å². The Morgan fingerprint density at radius 1 is 1.08 bits per heavy atom. The molecule has 1 heterocycles. The lowest BCUT2D eigenvalue weighted by Crippen LogP contribution is -2.44. The number of para-hydroxylation sites is 2. The lowest BCUT2D eigenvalue weighted by atomic mass is 10.1. The van der Waals surface area contributed by atoms with E-state index in [-0.39, 0.29) is 12.3 Å². The highest BCUT2D eigenvalue weighted by molar-refractivity contribution is 6.05. The first-order valence-electron chi connectivity index (χ1n) is 7.92. The maximum absolute atomic E-state index is 12.1. The van der Waals surface area contributed by atoms with E-state index in [4.69, 9.17) is 4.74 Å². The summed E-state index contributed by atoms with van der Waals surface area (Å²) in [5, 5.41) is 7.42. The van der Waals surface area contributed by atoms with Crippen LogP contribution in [0.5, 0.6) is 5.75 Å². The van der Waals surface area contributed by atoms with Crippen LogP contribution in [0.2, 0.25) is 0 Å². The molecule has 0 aliphatic rings. The molecule has 0 bridgehead atoms. The van der Waals surface area contributed by atoms with Crippen LogP contribution in [0.15, 0.2) is 48.5 Å². The summed E-state index contributed by atoms with van der Waals surface area (Å²) in [5.41, 5.74) is 6.65. The van der Waals surface area contributed by atoms with Gasteiger partial charge in [-0.1, -0.05) is 43.3 Å². The van der Waals surface area contributed by atoms with Crippen LogP contribution in [0.4, 0.5) is 0 Å². The van der Waals surface area contributed by atoms with Crippen molar-refractivity contribution in [2.75, 3.05) is 6.61 Å². The normalized spacial score (nSPS) is 10.4. The van der Waals surface area contributed by atoms with Crippen molar-refractivity contribution >= 4 is 22.7 Å². The van der Waals surface area contributed by atoms with E-state index in [0.29, 0.717) is 11.1 Å². The van der Waals surface area contributed by atoms with E-state index in [1.54, 1.807) is 12.1 Å². The Hall–Kier alpha value is -3.35. The number of amides is 2. The van der Waals surface area contributed by atoms with Crippen LogP contribution in [-0.2, 0) is 11.2 Å². The Balaban J connectivity index is 1.54. The second-order valence-corrected chi connectivity index (χ2v) is 5.37. The van der Waals surface area contributed by atoms with Gasteiger partial charge in [0.2, 0.25) is 0 Å². The molecule has 128 valence electrons. The van der Waals surface area contributed by atoms with Gasteiger partial charge in [0.1, 0.15) is 5.75 Å². The van der Waals surface area contributed by atoms with Gasteiger partial charge in [0.05, 0.1) is 5.52 Å². The minimum Gasteiger partial charge on any atom is -0.483 e. The Morgan fingerprint density at radius 2 is 1.84 bits per heavy atom. The number of aryl methyl sites for hydroxylation is 1. The number of nitrogens with zero attached hydrogens (tertiary/aromatic N) is 1. The predicted octanol–water partition coefficient (Wildman–Crippen LogP) is 1.97. The molecule has 0 fully saturated rings. The minimum absolute atomic E-state index is 0.196. The Labute approximate surface area is 144 Å². The van der Waals surface area contributed by atoms with Gasteiger partial charge in [0, 0.05) is 5.39 Å². The van der Waals surface area contributed by atoms with Gasteiger partial charge >= 0.3 is 0 Å². The van der Waals surface area contributed by atoms with Gasteiger partial charge in [-0.25, -0.2) is 0 Å². The molecule has 2 aromatic carbocycles. The quantitative estimate of drug-likeness (QED) is 0.620. The van der Waals surface area contributed by atoms with Crippen molar-refractivity contribution in [1.29, 1.82) is 0 Å². The van der Waals surface area contributed by atoms with E-state index in [9.17, 15) is 9.59 Å². The SMILES string of the molecule is CCc1ccccc1OCC(=O)NNC(=O)c1n[nH]c2ccccc12. The predicted molar refractivity (Wildman–Crippen MR) is 93.0 cm³/mol. The summed E-state index contributed by atoms with van der Waals surface area (Å²) in [7, 11) is 0. The summed E-state index contributed by atoms with van der Waals surface area (Å²) >= 11 is 0. The molecule has 0 aliphatic carbocycles. The molecule has 0 saturated carbocycles. The Morgan fingerprint density at radius 3 is 2.68 bits per heavy atom. The van der Waals surface area contributed by atoms with Crippen LogP contribution in [0.1, 0.15) is 23.0 Å². The number of aromatic nitrogens is 2. The number of hydrazine groups is 1. The van der Waals surface area contributed by atoms with E-state index in [0.717, 1.165) is 17.5 Å². The molecule has 3 rings (SSSR count). The first-order valence-corrected chi connectivity index (χ1v) is 7.92. The summed E-state index contributed by atoms with van der Waals surface area (Å²) in [4.78, 5) is 24.0. The van der Waals surface area contributed by atoms with Crippen molar-refractivity contribution in [3.05, 3.63) is 59.8 Å². The molecule has 3 N–H and O–H groups in total. The number of hydrogen-bond donors (Lipinski definition) is 3. The highest BCUT2D eigenvalue weighted by atomic mass is 16.5. The van der Waals surface area contributed by atoms with Crippen LogP contribution in [0.25, 0.3) is 10.9 Å². The highest BCUT2D eigenvalue weighted by Gasteiger charge is 2.14. The number of fused-ring (bicyclic) bond motifs is 1. The van der Waals surface area contributed by atoms with Crippen molar-refractivity contribution in [3.8, 4) is 5.75 Å². The molecule has 3 aromatic rings. The number of rotatable bonds is 5. The highest BCUT2D eigenvalue weighted by Crippen LogP contribution is 2.18. The van der Waals surface area contributed by atoms with Crippen molar-refractivity contribution in [2.24, 2.45) is 0 Å². The first kappa shape index (κ1) is 16.5. The van der Waals surface area contributed by atoms with Gasteiger partial charge in [-0.15, -0.1) is 0 Å². The zero-order valence-corrected chi connectivity index (χ0v) is 13.7. The fraction of sp³-hybridized carbons (Fsp3) is 0.167. The maximum atomic E-state index is 12.1. The molecular formula is C18H18N4O3. The number of carbonyl (C=O) groups excluding carboxylic acids is 2. The van der Waals surface area contributed by atoms with Crippen molar-refractivity contribution in [2.45, 2.75) is 13.3 Å². The summed E-state index contributed by atoms with van der Waals surface area (Å²) in [6.07, 6.45) is 0.806. The third-order valence-electron chi connectivity index (χ3n) is 3.71. The fourth-order valence-electron chi connectivity index (χ4n) is 2.44. The molecule has 1 aromatic heterocycles. The third kappa shape index (κ3) is 3.77. The summed E-state index contributed by atoms with van der Waals surface area (Å²) in [6, 6.07) is 14.8. The molecule has 0 atom stereocenters. The van der Waals surface area contributed by atoms with E-state index >= 15 is 0 Å². The molecule has 7 nitrogen and oxygen atoms in total. The van der Waals surface area contributed by atoms with Gasteiger partial charge in [-0.2, -0.15) is 5.10 Å². The van der Waals surface area contributed by atoms with Crippen LogP contribution in [0, 0.1) is 0 Å². The molecule has 0 saturated heterocycles. The van der Waals surface area contributed by atoms with E-state index in [1.165, 1.54) is 0 Å². The van der Waals surface area contributed by atoms with Crippen LogP contribution >= 0.6 is 0 Å². The molecule has 2 amide bonds. The van der Waals surface area contributed by atoms with E-state index in [2.05, 4.69) is 21.0 Å². The van der Waals surface area contributed by atoms with Crippen LogP contribution in [-0.4, -0.2) is 28.6 Å². The molecule has 0 radical (unpaired) electrons. The smallest absolute Gasteiger partial charge is 0.290 e. The Bertz CT molecular complexity index is 904. The number of nitrogens with one attached hydrogen (secondary N) is 3. The molecule has 0 spiro atoms. The molecule has 7 heteroatoms. The largest absolute Gasteiger partial charge is 0.483 e. The zero-order valence-electron chi connectivity index (χ0n) is 13.7. The zero-order chi connectivity index (χ0) is 17.6. The molecule has 25 heavy (non-hydrogen) atoms. The monoisotopic (exact) mass is 338 g/mol. The summed E-state index contributed by atoms with van der Waals surface area (Å²) in [6.45, 7) is 1.81. The van der Waals surface area contributed by atoms with Gasteiger partial charge < -0.3 is 4.74 Å². The number of aromatic amines is 1. The number of carbonyl (C=O) groups is 2. The minimum atomic E-state index is -0.500. The average molecular weight is 338 g/mol. The van der Waals surface area contributed by atoms with Gasteiger partial charge in [-0.3, -0.25) is 25.5 Å². The van der Waals surface area contributed by atoms with E-state index < -0.39 is 11.8 Å². The second kappa shape index (κ2) is 7.48. The van der Waals surface area contributed by atoms with Crippen molar-refractivity contribution < 1.29 is 14.3 Å². The summed E-state index contributed by atoms with van der Waals surface area (Å²) < 4.78 is 5.50. The topological polar surface area (TPSA) is 96.1 Å². The standard InChI is InChI=1S/C18H18N4O3/c1-2-12-7-3-6-10-15(12)25-11-16(23)20-22-18(24)17-13-8-4-5-9-14(13)19-21-17/h3-10H,2,11H2,1H3,(H,19,21)(H,20,23)(H,22,24). The average Bonchev–Trinajstić information content (AvgIpc) is 3.09. The van der Waals surface area contributed by atoms with Gasteiger partial charge in [-0.05, 0) is 24.1 Å². The second-order valence-electron chi connectivity index (χ2n) is 5.37. The molecule has 0 aliphatic heterocycles. The lowest BCUT2D eigenvalue weighted by molar-refractivity contribution is -0.123. The molecular weight excluding hydrogens is 320 g/mol. The van der Waals surface area contributed by atoms with Crippen molar-refractivity contribution in [1.82, 2.24) is 21.0 Å². The van der Waals surface area contributed by atoms with Crippen LogP contribution in [0.3, 0.4) is 0 Å². The van der Waals surface area contributed by atoms with Crippen molar-refractivity contribution in [3.63, 3.8) is 0 Å². The third-order valence-corrected chi connectivity index (χ3v) is 3.71. The Kier molecular flexibility index (Phi) is 4.94. The number of hydrogen-bond acceptors (Lipinski definition) is 4. The number of benzene rings is 2. The fourth-order valence-corrected chi connectivity index (χ4v) is 2.44.